The fraction of sp³-hybridized carbons (Fsp3) is 0. The second kappa shape index (κ2) is 6.77. The summed E-state index contributed by atoms with van der Waals surface area (Å²) in [4.78, 5) is 3.66. The maximum absolute atomic E-state index is 3.66. The van der Waals surface area contributed by atoms with E-state index in [-0.39, 0.29) is 26.9 Å². The van der Waals surface area contributed by atoms with Gasteiger partial charge in [-0.15, -0.1) is 0 Å². The second-order valence-corrected chi connectivity index (χ2v) is 0.959. The zero-order valence-corrected chi connectivity index (χ0v) is 7.93. The normalized spacial score (nSPS) is 6.00. The molecular formula is C6H7NZn. The first-order valence-corrected chi connectivity index (χ1v) is 1.77. The van der Waals surface area contributed by atoms with Crippen molar-refractivity contribution in [1.29, 1.82) is 0 Å². The van der Waals surface area contributed by atoms with Gasteiger partial charge in [0.25, 0.3) is 0 Å². The van der Waals surface area contributed by atoms with E-state index < -0.39 is 0 Å². The van der Waals surface area contributed by atoms with Gasteiger partial charge in [-0.3, -0.25) is 0 Å². The van der Waals surface area contributed by atoms with E-state index in [1.165, 1.54) is 0 Å². The van der Waals surface area contributed by atoms with Crippen LogP contribution in [0.15, 0.2) is 24.4 Å². The van der Waals surface area contributed by atoms with Crippen molar-refractivity contribution in [3.63, 3.8) is 0 Å². The number of aromatic nitrogens is 1. The van der Waals surface area contributed by atoms with E-state index in [4.69, 9.17) is 0 Å². The van der Waals surface area contributed by atoms with Gasteiger partial charge in [-0.05, 0) is 0 Å². The molecule has 0 unspecified atom stereocenters. The third-order valence-corrected chi connectivity index (χ3v) is 0.517. The molecule has 0 fully saturated rings. The van der Waals surface area contributed by atoms with Crippen molar-refractivity contribution in [2.24, 2.45) is 0 Å². The fourth-order valence-electron chi connectivity index (χ4n) is 0.277. The molecule has 0 spiro atoms. The van der Waals surface area contributed by atoms with Crippen LogP contribution in [0.5, 0.6) is 0 Å². The van der Waals surface area contributed by atoms with E-state index >= 15 is 0 Å². The molecule has 0 radical (unpaired) electrons. The van der Waals surface area contributed by atoms with Crippen molar-refractivity contribution in [2.75, 3.05) is 0 Å². The van der Waals surface area contributed by atoms with Crippen molar-refractivity contribution in [3.8, 4) is 0 Å². The van der Waals surface area contributed by atoms with Gasteiger partial charge in [-0.2, -0.15) is 18.2 Å². The van der Waals surface area contributed by atoms with Crippen molar-refractivity contribution in [2.45, 2.75) is 0 Å². The minimum atomic E-state index is 0. The minimum absolute atomic E-state index is 0. The van der Waals surface area contributed by atoms with Gasteiger partial charge >= 0.3 is 19.5 Å². The molecule has 0 saturated heterocycles. The molecule has 0 saturated carbocycles. The molecule has 38 valence electrons. The summed E-state index contributed by atoms with van der Waals surface area (Å²) in [7, 11) is 0. The quantitative estimate of drug-likeness (QED) is 0.410. The Bertz CT molecular complexity index is 80.5. The van der Waals surface area contributed by atoms with Gasteiger partial charge in [0.1, 0.15) is 0 Å². The fourth-order valence-corrected chi connectivity index (χ4v) is 0.277. The zero-order valence-electron chi connectivity index (χ0n) is 4.96. The molecule has 0 N–H and O–H groups in total. The molecule has 0 aliphatic heterocycles. The topological polar surface area (TPSA) is 12.9 Å². The SMILES string of the molecule is [CH3-].[Zn+2].[c-]1ccccn1. The molecule has 1 heterocycles. The Hall–Kier alpha value is -0.227. The predicted molar refractivity (Wildman–Crippen MR) is 29.5 cm³/mol. The van der Waals surface area contributed by atoms with E-state index in [1.807, 2.05) is 12.1 Å². The van der Waals surface area contributed by atoms with Crippen LogP contribution in [0.3, 0.4) is 0 Å². The smallest absolute Gasteiger partial charge is 0.394 e. The van der Waals surface area contributed by atoms with Crippen LogP contribution in [0.2, 0.25) is 0 Å². The Morgan fingerprint density at radius 1 is 1.25 bits per heavy atom. The average molecular weight is 159 g/mol. The summed E-state index contributed by atoms with van der Waals surface area (Å²) < 4.78 is 0. The predicted octanol–water partition coefficient (Wildman–Crippen LogP) is 1.33. The van der Waals surface area contributed by atoms with Crippen LogP contribution in [0.1, 0.15) is 0 Å². The minimum Gasteiger partial charge on any atom is -0.394 e. The van der Waals surface area contributed by atoms with Gasteiger partial charge in [-0.25, -0.2) is 0 Å². The summed E-state index contributed by atoms with van der Waals surface area (Å²) in [5, 5.41) is 0. The molecule has 8 heavy (non-hydrogen) atoms. The third kappa shape index (κ3) is 3.95. The summed E-state index contributed by atoms with van der Waals surface area (Å²) in [6.45, 7) is 0. The van der Waals surface area contributed by atoms with Crippen LogP contribution in [-0.4, -0.2) is 4.98 Å². The molecule has 0 aromatic carbocycles. The van der Waals surface area contributed by atoms with E-state index in [9.17, 15) is 0 Å². The van der Waals surface area contributed by atoms with Gasteiger partial charge in [-0.1, -0.05) is 12.4 Å². The first kappa shape index (κ1) is 10.7. The molecular weight excluding hydrogens is 151 g/mol. The van der Waals surface area contributed by atoms with Crippen LogP contribution in [0.25, 0.3) is 0 Å². The maximum atomic E-state index is 3.66. The second-order valence-electron chi connectivity index (χ2n) is 0.959. The van der Waals surface area contributed by atoms with E-state index in [1.54, 1.807) is 12.3 Å². The van der Waals surface area contributed by atoms with Crippen molar-refractivity contribution in [1.82, 2.24) is 4.98 Å². The summed E-state index contributed by atoms with van der Waals surface area (Å²) in [5.41, 5.74) is 0. The average Bonchev–Trinajstić information content (AvgIpc) is 1.72. The molecule has 1 rings (SSSR count). The molecule has 0 atom stereocenters. The number of nitrogens with zero attached hydrogens (tertiary/aromatic N) is 1. The Balaban J connectivity index is 0. The Morgan fingerprint density at radius 2 is 2.00 bits per heavy atom. The first-order valence-electron chi connectivity index (χ1n) is 1.77. The summed E-state index contributed by atoms with van der Waals surface area (Å²) in [5.74, 6) is 0. The Labute approximate surface area is 62.9 Å². The van der Waals surface area contributed by atoms with Crippen molar-refractivity contribution >= 4 is 0 Å². The molecule has 1 aromatic rings. The number of rotatable bonds is 0. The van der Waals surface area contributed by atoms with Crippen molar-refractivity contribution < 1.29 is 19.5 Å². The Morgan fingerprint density at radius 3 is 2.12 bits per heavy atom. The molecule has 0 amide bonds. The van der Waals surface area contributed by atoms with Crippen LogP contribution in [-0.2, 0) is 19.5 Å². The van der Waals surface area contributed by atoms with Gasteiger partial charge in [0.2, 0.25) is 0 Å². The van der Waals surface area contributed by atoms with E-state index in [2.05, 4.69) is 11.2 Å². The summed E-state index contributed by atoms with van der Waals surface area (Å²) >= 11 is 0. The summed E-state index contributed by atoms with van der Waals surface area (Å²) in [6, 6.07) is 5.50. The molecule has 0 bridgehead atoms. The monoisotopic (exact) mass is 157 g/mol. The molecule has 2 heteroatoms. The number of pyridine rings is 1. The zero-order chi connectivity index (χ0) is 4.24. The van der Waals surface area contributed by atoms with Gasteiger partial charge < -0.3 is 12.4 Å². The first-order chi connectivity index (χ1) is 3.00. The van der Waals surface area contributed by atoms with Gasteiger partial charge in [0.15, 0.2) is 0 Å². The third-order valence-electron chi connectivity index (χ3n) is 0.517. The standard InChI is InChI=1S/C5H4N.CH3.Zn/c1-2-4-6-5-3-1;;/h1-4H;1H3;/q2*-1;+2. The molecule has 1 nitrogen and oxygen atoms in total. The summed E-state index contributed by atoms with van der Waals surface area (Å²) in [6.07, 6.45) is 4.34. The van der Waals surface area contributed by atoms with E-state index in [0.717, 1.165) is 0 Å². The van der Waals surface area contributed by atoms with Crippen LogP contribution < -0.4 is 0 Å². The number of hydrogen-bond acceptors (Lipinski definition) is 1. The molecule has 0 aliphatic rings. The van der Waals surface area contributed by atoms with E-state index in [0.29, 0.717) is 0 Å². The Kier molecular flexibility index (Phi) is 9.06. The van der Waals surface area contributed by atoms with Crippen LogP contribution in [0, 0.1) is 13.6 Å². The maximum Gasteiger partial charge on any atom is 2.00 e. The van der Waals surface area contributed by atoms with Crippen LogP contribution >= 0.6 is 0 Å². The van der Waals surface area contributed by atoms with Gasteiger partial charge in [0, 0.05) is 0 Å². The van der Waals surface area contributed by atoms with Crippen molar-refractivity contribution in [3.05, 3.63) is 38.0 Å². The molecule has 1 aromatic heterocycles. The molecule has 0 aliphatic carbocycles. The number of hydrogen-bond donors (Lipinski definition) is 0. The van der Waals surface area contributed by atoms with Crippen LogP contribution in [0.4, 0.5) is 0 Å². The largest absolute Gasteiger partial charge is 2.00 e. The van der Waals surface area contributed by atoms with Gasteiger partial charge in [0.05, 0.1) is 0 Å².